The topological polar surface area (TPSA) is 93.0 Å². The van der Waals surface area contributed by atoms with E-state index in [0.717, 1.165) is 30.5 Å². The van der Waals surface area contributed by atoms with Gasteiger partial charge in [0.25, 0.3) is 0 Å². The minimum absolute atomic E-state index is 0.0813. The van der Waals surface area contributed by atoms with Crippen LogP contribution in [0.2, 0.25) is 0 Å². The lowest BCUT2D eigenvalue weighted by molar-refractivity contribution is -0.131. The summed E-state index contributed by atoms with van der Waals surface area (Å²) >= 11 is 0. The largest absolute Gasteiger partial charge is 0.508 e. The highest BCUT2D eigenvalue weighted by atomic mass is 16.3. The third-order valence-corrected chi connectivity index (χ3v) is 6.34. The SMILES string of the molecule is C[C@H](Cc1cccc(CC(=O)N2CCc3ccccc3C2)c1)NCC(O)c1cc(O)cc(O)c1. The fourth-order valence-electron chi connectivity index (χ4n) is 4.53. The van der Waals surface area contributed by atoms with Crippen molar-refractivity contribution in [2.45, 2.75) is 44.9 Å². The van der Waals surface area contributed by atoms with Crippen LogP contribution >= 0.6 is 0 Å². The molecule has 6 heteroatoms. The van der Waals surface area contributed by atoms with Crippen LogP contribution in [0.5, 0.6) is 11.5 Å². The number of carbonyl (C=O) groups excluding carboxylic acids is 1. The molecular weight excluding hydrogens is 428 g/mol. The molecule has 1 heterocycles. The van der Waals surface area contributed by atoms with E-state index in [1.165, 1.54) is 29.3 Å². The molecule has 178 valence electrons. The second-order valence-electron chi connectivity index (χ2n) is 9.14. The zero-order chi connectivity index (χ0) is 24.1. The van der Waals surface area contributed by atoms with E-state index in [0.29, 0.717) is 25.1 Å². The number of nitrogens with zero attached hydrogens (tertiary/aromatic N) is 1. The number of benzene rings is 3. The fourth-order valence-corrected chi connectivity index (χ4v) is 4.53. The second kappa shape index (κ2) is 10.7. The van der Waals surface area contributed by atoms with Crippen molar-refractivity contribution in [3.8, 4) is 11.5 Å². The first kappa shape index (κ1) is 23.8. The number of aliphatic hydroxyl groups excluding tert-OH is 1. The maximum absolute atomic E-state index is 12.9. The van der Waals surface area contributed by atoms with Crippen LogP contribution in [0.15, 0.2) is 66.7 Å². The molecule has 1 aliphatic rings. The molecule has 1 unspecified atom stereocenters. The normalized spacial score (nSPS) is 14.9. The smallest absolute Gasteiger partial charge is 0.227 e. The monoisotopic (exact) mass is 460 g/mol. The van der Waals surface area contributed by atoms with E-state index in [-0.39, 0.29) is 23.4 Å². The van der Waals surface area contributed by atoms with Gasteiger partial charge in [-0.15, -0.1) is 0 Å². The molecule has 3 aromatic rings. The van der Waals surface area contributed by atoms with Crippen molar-refractivity contribution in [2.75, 3.05) is 13.1 Å². The van der Waals surface area contributed by atoms with E-state index in [4.69, 9.17) is 0 Å². The minimum Gasteiger partial charge on any atom is -0.508 e. The molecule has 0 saturated carbocycles. The van der Waals surface area contributed by atoms with E-state index in [2.05, 4.69) is 29.6 Å². The van der Waals surface area contributed by atoms with Crippen LogP contribution in [0.25, 0.3) is 0 Å². The zero-order valence-corrected chi connectivity index (χ0v) is 19.4. The van der Waals surface area contributed by atoms with Crippen molar-refractivity contribution < 1.29 is 20.1 Å². The van der Waals surface area contributed by atoms with Crippen LogP contribution in [0.4, 0.5) is 0 Å². The maximum atomic E-state index is 12.9. The number of nitrogens with one attached hydrogen (secondary N) is 1. The summed E-state index contributed by atoms with van der Waals surface area (Å²) < 4.78 is 0. The van der Waals surface area contributed by atoms with Gasteiger partial charge in [-0.1, -0.05) is 48.5 Å². The molecule has 0 saturated heterocycles. The van der Waals surface area contributed by atoms with Gasteiger partial charge in [-0.3, -0.25) is 4.79 Å². The Morgan fingerprint density at radius 1 is 0.971 bits per heavy atom. The van der Waals surface area contributed by atoms with E-state index < -0.39 is 6.10 Å². The van der Waals surface area contributed by atoms with Gasteiger partial charge < -0.3 is 25.5 Å². The average Bonchev–Trinajstić information content (AvgIpc) is 2.81. The van der Waals surface area contributed by atoms with Crippen LogP contribution < -0.4 is 5.32 Å². The molecule has 2 atom stereocenters. The first-order chi connectivity index (χ1) is 16.4. The number of rotatable bonds is 8. The Balaban J connectivity index is 1.29. The summed E-state index contributed by atoms with van der Waals surface area (Å²) in [7, 11) is 0. The summed E-state index contributed by atoms with van der Waals surface area (Å²) in [5.41, 5.74) is 5.15. The van der Waals surface area contributed by atoms with Crippen molar-refractivity contribution >= 4 is 5.91 Å². The van der Waals surface area contributed by atoms with Crippen molar-refractivity contribution in [3.63, 3.8) is 0 Å². The highest BCUT2D eigenvalue weighted by Crippen LogP contribution is 2.25. The first-order valence-corrected chi connectivity index (χ1v) is 11.7. The number of hydrogen-bond donors (Lipinski definition) is 4. The van der Waals surface area contributed by atoms with Gasteiger partial charge in [-0.25, -0.2) is 0 Å². The molecule has 4 rings (SSSR count). The number of carbonyl (C=O) groups is 1. The van der Waals surface area contributed by atoms with Crippen LogP contribution in [0, 0.1) is 0 Å². The molecule has 6 nitrogen and oxygen atoms in total. The Morgan fingerprint density at radius 2 is 1.68 bits per heavy atom. The zero-order valence-electron chi connectivity index (χ0n) is 19.4. The number of hydrogen-bond acceptors (Lipinski definition) is 5. The van der Waals surface area contributed by atoms with Crippen LogP contribution in [-0.4, -0.2) is 45.3 Å². The Hall–Kier alpha value is -3.35. The summed E-state index contributed by atoms with van der Waals surface area (Å²) in [4.78, 5) is 14.9. The van der Waals surface area contributed by atoms with Crippen molar-refractivity contribution in [2.24, 2.45) is 0 Å². The predicted octanol–water partition coefficient (Wildman–Crippen LogP) is 3.48. The van der Waals surface area contributed by atoms with Gasteiger partial charge in [0, 0.05) is 31.7 Å². The predicted molar refractivity (Wildman–Crippen MR) is 132 cm³/mol. The molecular formula is C28H32N2O4. The van der Waals surface area contributed by atoms with Gasteiger partial charge in [-0.05, 0) is 59.7 Å². The van der Waals surface area contributed by atoms with Crippen LogP contribution in [0.1, 0.15) is 40.8 Å². The molecule has 34 heavy (non-hydrogen) atoms. The summed E-state index contributed by atoms with van der Waals surface area (Å²) in [5, 5.41) is 32.9. The summed E-state index contributed by atoms with van der Waals surface area (Å²) in [5.74, 6) is -0.0141. The third kappa shape index (κ3) is 6.16. The Kier molecular flexibility index (Phi) is 7.50. The van der Waals surface area contributed by atoms with Crippen molar-refractivity contribution in [1.82, 2.24) is 10.2 Å². The molecule has 0 bridgehead atoms. The number of phenols is 2. The summed E-state index contributed by atoms with van der Waals surface area (Å²) in [6, 6.07) is 20.6. The molecule has 4 N–H and O–H groups in total. The Morgan fingerprint density at radius 3 is 2.44 bits per heavy atom. The van der Waals surface area contributed by atoms with Crippen molar-refractivity contribution in [1.29, 1.82) is 0 Å². The fraction of sp³-hybridized carbons (Fsp3) is 0.321. The second-order valence-corrected chi connectivity index (χ2v) is 9.14. The molecule has 3 aromatic carbocycles. The lowest BCUT2D eigenvalue weighted by Crippen LogP contribution is -2.36. The lowest BCUT2D eigenvalue weighted by atomic mass is 9.98. The summed E-state index contributed by atoms with van der Waals surface area (Å²) in [6.45, 7) is 3.76. The molecule has 0 fully saturated rings. The first-order valence-electron chi connectivity index (χ1n) is 11.7. The third-order valence-electron chi connectivity index (χ3n) is 6.34. The van der Waals surface area contributed by atoms with E-state index in [9.17, 15) is 20.1 Å². The molecule has 0 aliphatic carbocycles. The molecule has 0 radical (unpaired) electrons. The van der Waals surface area contributed by atoms with Gasteiger partial charge in [0.15, 0.2) is 0 Å². The van der Waals surface area contributed by atoms with Gasteiger partial charge >= 0.3 is 0 Å². The number of aliphatic hydroxyl groups is 1. The number of phenolic OH excluding ortho intramolecular Hbond substituents is 2. The van der Waals surface area contributed by atoms with E-state index in [1.54, 1.807) is 0 Å². The van der Waals surface area contributed by atoms with Crippen LogP contribution in [0.3, 0.4) is 0 Å². The molecule has 0 aromatic heterocycles. The highest BCUT2D eigenvalue weighted by molar-refractivity contribution is 5.79. The van der Waals surface area contributed by atoms with E-state index in [1.807, 2.05) is 36.1 Å². The van der Waals surface area contributed by atoms with Gasteiger partial charge in [0.05, 0.1) is 12.5 Å². The van der Waals surface area contributed by atoms with Crippen molar-refractivity contribution in [3.05, 3.63) is 94.5 Å². The molecule has 1 aliphatic heterocycles. The Bertz CT molecular complexity index is 1130. The van der Waals surface area contributed by atoms with Gasteiger partial charge in [-0.2, -0.15) is 0 Å². The van der Waals surface area contributed by atoms with E-state index >= 15 is 0 Å². The Labute approximate surface area is 200 Å². The molecule has 1 amide bonds. The van der Waals surface area contributed by atoms with Gasteiger partial charge in [0.2, 0.25) is 5.91 Å². The standard InChI is InChI=1S/C28H32N2O4/c1-19(29-17-27(33)24-14-25(31)16-26(32)15-24)11-20-5-4-6-21(12-20)13-28(34)30-10-9-22-7-2-3-8-23(22)18-30/h2-8,12,14-16,19,27,29,31-33H,9-11,13,17-18H2,1H3/t19-,27?/m1/s1. The quantitative estimate of drug-likeness (QED) is 0.413. The van der Waals surface area contributed by atoms with Gasteiger partial charge in [0.1, 0.15) is 11.5 Å². The highest BCUT2D eigenvalue weighted by Gasteiger charge is 2.20. The van der Waals surface area contributed by atoms with Crippen LogP contribution in [-0.2, 0) is 30.6 Å². The lowest BCUT2D eigenvalue weighted by Gasteiger charge is -2.29. The minimum atomic E-state index is -0.848. The molecule has 0 spiro atoms. The number of amides is 1. The maximum Gasteiger partial charge on any atom is 0.227 e. The number of fused-ring (bicyclic) bond motifs is 1. The number of aromatic hydroxyl groups is 2. The summed E-state index contributed by atoms with van der Waals surface area (Å²) in [6.07, 6.45) is 1.19. The average molecular weight is 461 g/mol.